The summed E-state index contributed by atoms with van der Waals surface area (Å²) in [6.45, 7) is 1.23. The maximum absolute atomic E-state index is 5.66. The van der Waals surface area contributed by atoms with E-state index in [0.717, 1.165) is 6.42 Å². The lowest BCUT2D eigenvalue weighted by Crippen LogP contribution is -2.18. The topological polar surface area (TPSA) is 27.7 Å². The Labute approximate surface area is 90.0 Å². The second kappa shape index (κ2) is 5.26. The van der Waals surface area contributed by atoms with Gasteiger partial charge in [0.05, 0.1) is 13.2 Å². The minimum Gasteiger partial charge on any atom is -0.382 e. The molecule has 0 aliphatic carbocycles. The molecule has 1 fully saturated rings. The molecule has 0 radical (unpaired) electrons. The van der Waals surface area contributed by atoms with Crippen molar-refractivity contribution < 1.29 is 14.2 Å². The van der Waals surface area contributed by atoms with E-state index in [4.69, 9.17) is 14.2 Å². The molecule has 1 aliphatic rings. The Kier molecular flexibility index (Phi) is 3.72. The fraction of sp³-hybridized carbons (Fsp3) is 0.500. The van der Waals surface area contributed by atoms with Crippen LogP contribution in [0.25, 0.3) is 0 Å². The molecule has 0 spiro atoms. The van der Waals surface area contributed by atoms with E-state index >= 15 is 0 Å². The molecule has 0 unspecified atom stereocenters. The van der Waals surface area contributed by atoms with E-state index in [-0.39, 0.29) is 12.4 Å². The van der Waals surface area contributed by atoms with E-state index in [1.807, 2.05) is 18.2 Å². The van der Waals surface area contributed by atoms with Crippen LogP contribution >= 0.6 is 0 Å². The minimum absolute atomic E-state index is 0.0868. The van der Waals surface area contributed by atoms with Crippen molar-refractivity contribution in [3.05, 3.63) is 35.9 Å². The van der Waals surface area contributed by atoms with Crippen molar-refractivity contribution >= 4 is 0 Å². The lowest BCUT2D eigenvalue weighted by atomic mass is 10.1. The lowest BCUT2D eigenvalue weighted by Gasteiger charge is -2.10. The summed E-state index contributed by atoms with van der Waals surface area (Å²) in [5, 5.41) is 0. The second-order valence-corrected chi connectivity index (χ2v) is 3.67. The van der Waals surface area contributed by atoms with Crippen LogP contribution in [-0.2, 0) is 20.6 Å². The molecule has 0 bridgehead atoms. The number of hydrogen-bond donors (Lipinski definition) is 0. The number of rotatable bonds is 4. The molecule has 1 saturated heterocycles. The molecule has 1 aliphatic heterocycles. The summed E-state index contributed by atoms with van der Waals surface area (Å²) < 4.78 is 16.2. The first-order valence-electron chi connectivity index (χ1n) is 5.18. The smallest absolute Gasteiger partial charge is 0.162 e. The van der Waals surface area contributed by atoms with Crippen molar-refractivity contribution in [2.24, 2.45) is 0 Å². The number of benzene rings is 1. The van der Waals surface area contributed by atoms with Crippen molar-refractivity contribution in [3.8, 4) is 0 Å². The highest BCUT2D eigenvalue weighted by Crippen LogP contribution is 2.16. The Hall–Kier alpha value is -0.900. The molecule has 0 N–H and O–H groups in total. The maximum atomic E-state index is 5.66. The molecule has 15 heavy (non-hydrogen) atoms. The molecule has 82 valence electrons. The summed E-state index contributed by atoms with van der Waals surface area (Å²) in [4.78, 5) is 0. The van der Waals surface area contributed by atoms with Gasteiger partial charge in [0.25, 0.3) is 0 Å². The number of hydrogen-bond acceptors (Lipinski definition) is 3. The predicted molar refractivity (Wildman–Crippen MR) is 56.6 cm³/mol. The zero-order valence-corrected chi connectivity index (χ0v) is 8.89. The Morgan fingerprint density at radius 1 is 1.33 bits per heavy atom. The first kappa shape index (κ1) is 10.6. The van der Waals surface area contributed by atoms with Gasteiger partial charge >= 0.3 is 0 Å². The molecule has 1 aromatic rings. The summed E-state index contributed by atoms with van der Waals surface area (Å²) in [7, 11) is 1.67. The normalized spacial score (nSPS) is 25.7. The van der Waals surface area contributed by atoms with E-state index in [1.165, 1.54) is 5.56 Å². The Morgan fingerprint density at radius 2 is 2.13 bits per heavy atom. The fourth-order valence-electron chi connectivity index (χ4n) is 1.69. The van der Waals surface area contributed by atoms with Crippen LogP contribution in [0.3, 0.4) is 0 Å². The van der Waals surface area contributed by atoms with Crippen molar-refractivity contribution in [2.45, 2.75) is 18.8 Å². The Bertz CT molecular complexity index is 286. The monoisotopic (exact) mass is 208 g/mol. The van der Waals surface area contributed by atoms with Gasteiger partial charge in [-0.1, -0.05) is 30.3 Å². The molecule has 0 saturated carbocycles. The second-order valence-electron chi connectivity index (χ2n) is 3.67. The first-order valence-corrected chi connectivity index (χ1v) is 5.18. The molecule has 3 nitrogen and oxygen atoms in total. The Morgan fingerprint density at radius 3 is 2.87 bits per heavy atom. The fourth-order valence-corrected chi connectivity index (χ4v) is 1.69. The van der Waals surface area contributed by atoms with Crippen LogP contribution in [0.4, 0.5) is 0 Å². The van der Waals surface area contributed by atoms with Gasteiger partial charge in [0, 0.05) is 13.5 Å². The van der Waals surface area contributed by atoms with Gasteiger partial charge in [-0.15, -0.1) is 0 Å². The Balaban J connectivity index is 1.82. The maximum Gasteiger partial charge on any atom is 0.162 e. The van der Waals surface area contributed by atoms with Gasteiger partial charge in [-0.25, -0.2) is 0 Å². The highest BCUT2D eigenvalue weighted by Gasteiger charge is 2.25. The summed E-state index contributed by atoms with van der Waals surface area (Å²) >= 11 is 0. The lowest BCUT2D eigenvalue weighted by molar-refractivity contribution is -0.0662. The van der Waals surface area contributed by atoms with Crippen LogP contribution in [0.15, 0.2) is 30.3 Å². The summed E-state index contributed by atoms with van der Waals surface area (Å²) in [6.07, 6.45) is 0.775. The summed E-state index contributed by atoms with van der Waals surface area (Å²) in [5.41, 5.74) is 1.24. The minimum atomic E-state index is -0.118. The summed E-state index contributed by atoms with van der Waals surface area (Å²) in [6, 6.07) is 10.2. The summed E-state index contributed by atoms with van der Waals surface area (Å²) in [5.74, 6) is 0. The van der Waals surface area contributed by atoms with Crippen molar-refractivity contribution in [2.75, 3.05) is 20.3 Å². The van der Waals surface area contributed by atoms with Gasteiger partial charge in [0.2, 0.25) is 0 Å². The highest BCUT2D eigenvalue weighted by atomic mass is 16.7. The average molecular weight is 208 g/mol. The van der Waals surface area contributed by atoms with Crippen molar-refractivity contribution in [1.29, 1.82) is 0 Å². The molecule has 1 heterocycles. The van der Waals surface area contributed by atoms with Crippen LogP contribution in [-0.4, -0.2) is 32.7 Å². The third kappa shape index (κ3) is 3.02. The standard InChI is InChI=1S/C12H16O3/c1-13-8-11-9-14-12(15-11)7-10-5-3-2-4-6-10/h2-6,11-12H,7-9H2,1H3/t11-,12-/m1/s1. The first-order chi connectivity index (χ1) is 7.38. The molecule has 1 aromatic carbocycles. The highest BCUT2D eigenvalue weighted by molar-refractivity contribution is 5.15. The van der Waals surface area contributed by atoms with E-state index in [9.17, 15) is 0 Å². The van der Waals surface area contributed by atoms with Crippen LogP contribution in [0.1, 0.15) is 5.56 Å². The van der Waals surface area contributed by atoms with E-state index in [0.29, 0.717) is 13.2 Å². The predicted octanol–water partition coefficient (Wildman–Crippen LogP) is 1.62. The van der Waals surface area contributed by atoms with E-state index in [1.54, 1.807) is 7.11 Å². The number of methoxy groups -OCH3 is 1. The zero-order chi connectivity index (χ0) is 10.5. The molecule has 3 heteroatoms. The number of ether oxygens (including phenoxy) is 3. The molecular formula is C12H16O3. The van der Waals surface area contributed by atoms with Crippen LogP contribution < -0.4 is 0 Å². The van der Waals surface area contributed by atoms with E-state index < -0.39 is 0 Å². The van der Waals surface area contributed by atoms with Gasteiger partial charge < -0.3 is 14.2 Å². The van der Waals surface area contributed by atoms with Crippen molar-refractivity contribution in [3.63, 3.8) is 0 Å². The molecule has 0 amide bonds. The van der Waals surface area contributed by atoms with Gasteiger partial charge in [0.1, 0.15) is 6.10 Å². The van der Waals surface area contributed by atoms with Gasteiger partial charge in [-0.3, -0.25) is 0 Å². The van der Waals surface area contributed by atoms with Gasteiger partial charge in [-0.05, 0) is 5.56 Å². The van der Waals surface area contributed by atoms with Crippen LogP contribution in [0.5, 0.6) is 0 Å². The SMILES string of the molecule is COC[C@@H]1CO[C@@H](Cc2ccccc2)O1. The molecule has 0 aromatic heterocycles. The zero-order valence-electron chi connectivity index (χ0n) is 8.89. The van der Waals surface area contributed by atoms with Crippen LogP contribution in [0, 0.1) is 0 Å². The largest absolute Gasteiger partial charge is 0.382 e. The molecule has 2 rings (SSSR count). The van der Waals surface area contributed by atoms with Gasteiger partial charge in [0.15, 0.2) is 6.29 Å². The third-order valence-corrected chi connectivity index (χ3v) is 2.41. The van der Waals surface area contributed by atoms with Crippen molar-refractivity contribution in [1.82, 2.24) is 0 Å². The van der Waals surface area contributed by atoms with E-state index in [2.05, 4.69) is 12.1 Å². The third-order valence-electron chi connectivity index (χ3n) is 2.41. The average Bonchev–Trinajstić information content (AvgIpc) is 2.68. The molecular weight excluding hydrogens is 192 g/mol. The van der Waals surface area contributed by atoms with Gasteiger partial charge in [-0.2, -0.15) is 0 Å². The molecule has 2 atom stereocenters. The van der Waals surface area contributed by atoms with Crippen LogP contribution in [0.2, 0.25) is 0 Å². The quantitative estimate of drug-likeness (QED) is 0.752.